The molecule has 0 N–H and O–H groups in total. The van der Waals surface area contributed by atoms with E-state index in [2.05, 4.69) is 0 Å². The molecule has 0 amide bonds. The zero-order valence-electron chi connectivity index (χ0n) is 10.2. The van der Waals surface area contributed by atoms with Gasteiger partial charge in [-0.05, 0) is 32.0 Å². The highest BCUT2D eigenvalue weighted by molar-refractivity contribution is 6.31. The lowest BCUT2D eigenvalue weighted by Crippen LogP contribution is -2.05. The fraction of sp³-hybridized carbons (Fsp3) is 0.462. The van der Waals surface area contributed by atoms with E-state index in [1.54, 1.807) is 18.2 Å². The molecule has 4 heteroatoms. The first-order valence-electron chi connectivity index (χ1n) is 5.66. The maximum absolute atomic E-state index is 11.4. The first kappa shape index (κ1) is 14.0. The van der Waals surface area contributed by atoms with Gasteiger partial charge < -0.3 is 9.47 Å². The van der Waals surface area contributed by atoms with E-state index < -0.39 is 0 Å². The van der Waals surface area contributed by atoms with Crippen LogP contribution in [0.2, 0.25) is 5.02 Å². The Morgan fingerprint density at radius 3 is 2.76 bits per heavy atom. The summed E-state index contributed by atoms with van der Waals surface area (Å²) in [4.78, 5) is 11.4. The summed E-state index contributed by atoms with van der Waals surface area (Å²) in [5.74, 6) is 0.533. The van der Waals surface area contributed by atoms with Crippen LogP contribution in [-0.2, 0) is 4.74 Å². The highest BCUT2D eigenvalue weighted by Crippen LogP contribution is 2.23. The monoisotopic (exact) mass is 256 g/mol. The molecule has 0 spiro atoms. The van der Waals surface area contributed by atoms with Gasteiger partial charge in [0.05, 0.1) is 12.2 Å². The van der Waals surface area contributed by atoms with E-state index in [-0.39, 0.29) is 5.78 Å². The number of hydrogen-bond donors (Lipinski definition) is 0. The maximum Gasteiger partial charge on any atom is 0.163 e. The van der Waals surface area contributed by atoms with Gasteiger partial charge in [-0.15, -0.1) is 0 Å². The van der Waals surface area contributed by atoms with E-state index >= 15 is 0 Å². The molecule has 0 unspecified atom stereocenters. The van der Waals surface area contributed by atoms with E-state index in [4.69, 9.17) is 21.1 Å². The van der Waals surface area contributed by atoms with Gasteiger partial charge in [-0.2, -0.15) is 0 Å². The second kappa shape index (κ2) is 7.30. The summed E-state index contributed by atoms with van der Waals surface area (Å²) < 4.78 is 10.7. The van der Waals surface area contributed by atoms with Crippen LogP contribution in [0.1, 0.15) is 30.6 Å². The summed E-state index contributed by atoms with van der Waals surface area (Å²) in [6, 6.07) is 5.06. The third-order valence-electron chi connectivity index (χ3n) is 2.22. The number of Topliss-reactive ketones (excluding diaryl/α,β-unsaturated/α-hetero) is 1. The van der Waals surface area contributed by atoms with Crippen molar-refractivity contribution in [2.75, 3.05) is 19.8 Å². The SMILES string of the molecule is CCOCCCOc1ccc(Cl)cc1C(C)=O. The average Bonchev–Trinajstić information content (AvgIpc) is 2.30. The third kappa shape index (κ3) is 4.75. The van der Waals surface area contributed by atoms with Crippen molar-refractivity contribution in [2.45, 2.75) is 20.3 Å². The van der Waals surface area contributed by atoms with Crippen molar-refractivity contribution in [3.8, 4) is 5.75 Å². The van der Waals surface area contributed by atoms with Crippen molar-refractivity contribution >= 4 is 17.4 Å². The summed E-state index contributed by atoms with van der Waals surface area (Å²) in [5.41, 5.74) is 0.522. The van der Waals surface area contributed by atoms with Crippen LogP contribution < -0.4 is 4.74 Å². The molecule has 0 aromatic heterocycles. The fourth-order valence-corrected chi connectivity index (χ4v) is 1.56. The Labute approximate surface area is 107 Å². The van der Waals surface area contributed by atoms with Crippen molar-refractivity contribution < 1.29 is 14.3 Å². The lowest BCUT2D eigenvalue weighted by molar-refractivity contribution is 0.101. The topological polar surface area (TPSA) is 35.5 Å². The molecular formula is C13H17ClO3. The summed E-state index contributed by atoms with van der Waals surface area (Å²) in [7, 11) is 0. The van der Waals surface area contributed by atoms with Crippen LogP contribution >= 0.6 is 11.6 Å². The van der Waals surface area contributed by atoms with Gasteiger partial charge in [0.15, 0.2) is 5.78 Å². The van der Waals surface area contributed by atoms with Crippen molar-refractivity contribution in [3.05, 3.63) is 28.8 Å². The normalized spacial score (nSPS) is 10.3. The molecular weight excluding hydrogens is 240 g/mol. The number of ketones is 1. The van der Waals surface area contributed by atoms with Crippen molar-refractivity contribution in [3.63, 3.8) is 0 Å². The van der Waals surface area contributed by atoms with Gasteiger partial charge in [-0.25, -0.2) is 0 Å². The van der Waals surface area contributed by atoms with E-state index in [9.17, 15) is 4.79 Å². The first-order chi connectivity index (χ1) is 8.15. The van der Waals surface area contributed by atoms with Crippen LogP contribution in [0.5, 0.6) is 5.75 Å². The van der Waals surface area contributed by atoms with Gasteiger partial charge in [0.1, 0.15) is 5.75 Å². The lowest BCUT2D eigenvalue weighted by atomic mass is 10.1. The standard InChI is InChI=1S/C13H17ClO3/c1-3-16-7-4-8-17-13-6-5-11(14)9-12(13)10(2)15/h5-6,9H,3-4,7-8H2,1-2H3. The predicted molar refractivity (Wildman–Crippen MR) is 68.1 cm³/mol. The number of rotatable bonds is 7. The molecule has 17 heavy (non-hydrogen) atoms. The second-order valence-corrected chi connectivity index (χ2v) is 4.03. The number of ether oxygens (including phenoxy) is 2. The molecule has 1 rings (SSSR count). The van der Waals surface area contributed by atoms with Crippen LogP contribution in [0.25, 0.3) is 0 Å². The minimum absolute atomic E-state index is 0.0488. The van der Waals surface area contributed by atoms with Crippen LogP contribution in [0.15, 0.2) is 18.2 Å². The van der Waals surface area contributed by atoms with Crippen LogP contribution in [0.4, 0.5) is 0 Å². The molecule has 0 saturated heterocycles. The maximum atomic E-state index is 11.4. The van der Waals surface area contributed by atoms with Crippen LogP contribution in [-0.4, -0.2) is 25.6 Å². The van der Waals surface area contributed by atoms with Crippen LogP contribution in [0.3, 0.4) is 0 Å². The van der Waals surface area contributed by atoms with Gasteiger partial charge in [0.2, 0.25) is 0 Å². The Morgan fingerprint density at radius 2 is 2.12 bits per heavy atom. The highest BCUT2D eigenvalue weighted by Gasteiger charge is 2.08. The molecule has 94 valence electrons. The van der Waals surface area contributed by atoms with Gasteiger partial charge in [0, 0.05) is 24.7 Å². The Balaban J connectivity index is 2.55. The quantitative estimate of drug-likeness (QED) is 0.554. The molecule has 0 bridgehead atoms. The molecule has 0 heterocycles. The summed E-state index contributed by atoms with van der Waals surface area (Å²) in [5, 5.41) is 0.539. The molecule has 0 aliphatic heterocycles. The predicted octanol–water partition coefficient (Wildman–Crippen LogP) is 3.35. The Morgan fingerprint density at radius 1 is 1.35 bits per heavy atom. The fourth-order valence-electron chi connectivity index (χ4n) is 1.39. The Hall–Kier alpha value is -1.06. The second-order valence-electron chi connectivity index (χ2n) is 3.60. The van der Waals surface area contributed by atoms with Gasteiger partial charge in [0.25, 0.3) is 0 Å². The van der Waals surface area contributed by atoms with Gasteiger partial charge in [-0.1, -0.05) is 11.6 Å². The van der Waals surface area contributed by atoms with Crippen LogP contribution in [0, 0.1) is 0 Å². The summed E-state index contributed by atoms with van der Waals surface area (Å²) in [6.07, 6.45) is 0.799. The molecule has 0 radical (unpaired) electrons. The zero-order valence-corrected chi connectivity index (χ0v) is 10.9. The highest BCUT2D eigenvalue weighted by atomic mass is 35.5. The van der Waals surface area contributed by atoms with E-state index in [1.165, 1.54) is 6.92 Å². The average molecular weight is 257 g/mol. The van der Waals surface area contributed by atoms with Crippen molar-refractivity contribution in [1.29, 1.82) is 0 Å². The molecule has 1 aromatic carbocycles. The Kier molecular flexibility index (Phi) is 6.01. The number of carbonyl (C=O) groups is 1. The van der Waals surface area contributed by atoms with Crippen molar-refractivity contribution in [1.82, 2.24) is 0 Å². The molecule has 0 saturated carbocycles. The molecule has 0 atom stereocenters. The largest absolute Gasteiger partial charge is 0.493 e. The number of halogens is 1. The molecule has 0 fully saturated rings. The van der Waals surface area contributed by atoms with E-state index in [0.29, 0.717) is 36.2 Å². The Bertz CT molecular complexity index is 377. The number of benzene rings is 1. The molecule has 3 nitrogen and oxygen atoms in total. The third-order valence-corrected chi connectivity index (χ3v) is 2.45. The smallest absolute Gasteiger partial charge is 0.163 e. The van der Waals surface area contributed by atoms with Crippen molar-refractivity contribution in [2.24, 2.45) is 0 Å². The summed E-state index contributed by atoms with van der Waals surface area (Å²) in [6.45, 7) is 5.35. The van der Waals surface area contributed by atoms with Gasteiger partial charge in [-0.3, -0.25) is 4.79 Å². The molecule has 0 aliphatic rings. The molecule has 0 aliphatic carbocycles. The number of carbonyl (C=O) groups excluding carboxylic acids is 1. The summed E-state index contributed by atoms with van der Waals surface area (Å²) >= 11 is 5.84. The minimum atomic E-state index is -0.0488. The zero-order chi connectivity index (χ0) is 12.7. The van der Waals surface area contributed by atoms with E-state index in [0.717, 1.165) is 6.42 Å². The number of hydrogen-bond acceptors (Lipinski definition) is 3. The van der Waals surface area contributed by atoms with Gasteiger partial charge >= 0.3 is 0 Å². The molecule has 1 aromatic rings. The minimum Gasteiger partial charge on any atom is -0.493 e. The first-order valence-corrected chi connectivity index (χ1v) is 6.04. The lowest BCUT2D eigenvalue weighted by Gasteiger charge is -2.10. The van der Waals surface area contributed by atoms with E-state index in [1.807, 2.05) is 6.92 Å².